The highest BCUT2D eigenvalue weighted by Crippen LogP contribution is 2.39. The molecule has 0 spiro atoms. The summed E-state index contributed by atoms with van der Waals surface area (Å²) in [5, 5.41) is 13.3. The van der Waals surface area contributed by atoms with Crippen LogP contribution < -0.4 is 5.32 Å². The SMILES string of the molecule is CC1(C)CCC(O)(CNC(=O)c2ccc(F)cc2I)CC1. The van der Waals surface area contributed by atoms with Crippen LogP contribution in [0.5, 0.6) is 0 Å². The molecule has 2 rings (SSSR count). The fourth-order valence-electron chi connectivity index (χ4n) is 2.58. The summed E-state index contributed by atoms with van der Waals surface area (Å²) in [7, 11) is 0. The van der Waals surface area contributed by atoms with Crippen molar-refractivity contribution in [2.75, 3.05) is 6.54 Å². The van der Waals surface area contributed by atoms with Crippen LogP contribution in [-0.2, 0) is 0 Å². The minimum absolute atomic E-state index is 0.245. The van der Waals surface area contributed by atoms with Crippen LogP contribution in [0.25, 0.3) is 0 Å². The van der Waals surface area contributed by atoms with Gasteiger partial charge in [0.05, 0.1) is 11.2 Å². The number of aliphatic hydroxyl groups is 1. The lowest BCUT2D eigenvalue weighted by molar-refractivity contribution is -0.0233. The molecule has 0 unspecified atom stereocenters. The van der Waals surface area contributed by atoms with Gasteiger partial charge >= 0.3 is 0 Å². The minimum Gasteiger partial charge on any atom is -0.388 e. The Kier molecular flexibility index (Phi) is 4.92. The normalized spacial score (nSPS) is 20.0. The zero-order chi connectivity index (χ0) is 15.7. The fraction of sp³-hybridized carbons (Fsp3) is 0.562. The molecule has 1 aliphatic carbocycles. The molecule has 0 heterocycles. The van der Waals surface area contributed by atoms with Gasteiger partial charge in [-0.25, -0.2) is 4.39 Å². The van der Waals surface area contributed by atoms with Crippen molar-refractivity contribution >= 4 is 28.5 Å². The largest absolute Gasteiger partial charge is 0.388 e. The number of benzene rings is 1. The molecule has 0 aromatic heterocycles. The molecule has 1 aliphatic rings. The van der Waals surface area contributed by atoms with Crippen molar-refractivity contribution in [2.45, 2.75) is 45.1 Å². The molecule has 1 saturated carbocycles. The Balaban J connectivity index is 1.95. The molecular weight excluding hydrogens is 384 g/mol. The minimum atomic E-state index is -0.823. The maximum absolute atomic E-state index is 13.0. The average Bonchev–Trinajstić information content (AvgIpc) is 2.40. The number of nitrogens with one attached hydrogen (secondary N) is 1. The number of amides is 1. The van der Waals surface area contributed by atoms with Crippen LogP contribution in [0.3, 0.4) is 0 Å². The van der Waals surface area contributed by atoms with Crippen LogP contribution >= 0.6 is 22.6 Å². The Morgan fingerprint density at radius 1 is 1.33 bits per heavy atom. The van der Waals surface area contributed by atoms with Crippen LogP contribution in [0.1, 0.15) is 49.9 Å². The Morgan fingerprint density at radius 2 is 1.95 bits per heavy atom. The van der Waals surface area contributed by atoms with Crippen LogP contribution in [0.2, 0.25) is 0 Å². The highest BCUT2D eigenvalue weighted by molar-refractivity contribution is 14.1. The summed E-state index contributed by atoms with van der Waals surface area (Å²) < 4.78 is 13.6. The van der Waals surface area contributed by atoms with E-state index in [0.29, 0.717) is 22.0 Å². The van der Waals surface area contributed by atoms with Crippen molar-refractivity contribution in [3.63, 3.8) is 0 Å². The molecule has 116 valence electrons. The summed E-state index contributed by atoms with van der Waals surface area (Å²) in [6, 6.07) is 4.07. The maximum Gasteiger partial charge on any atom is 0.252 e. The first-order valence-electron chi connectivity index (χ1n) is 7.17. The summed E-state index contributed by atoms with van der Waals surface area (Å²) in [5.41, 5.74) is -0.115. The molecule has 1 amide bonds. The van der Waals surface area contributed by atoms with Crippen molar-refractivity contribution in [3.05, 3.63) is 33.1 Å². The molecule has 1 fully saturated rings. The van der Waals surface area contributed by atoms with E-state index in [1.54, 1.807) is 0 Å². The lowest BCUT2D eigenvalue weighted by Gasteiger charge is -2.40. The number of hydrogen-bond acceptors (Lipinski definition) is 2. The topological polar surface area (TPSA) is 49.3 Å². The number of carbonyl (C=O) groups excluding carboxylic acids is 1. The van der Waals surface area contributed by atoms with E-state index in [0.717, 1.165) is 12.8 Å². The third-order valence-electron chi connectivity index (χ3n) is 4.29. The van der Waals surface area contributed by atoms with Gasteiger partial charge in [-0.2, -0.15) is 0 Å². The number of halogens is 2. The summed E-state index contributed by atoms with van der Waals surface area (Å²) in [6.07, 6.45) is 3.29. The van der Waals surface area contributed by atoms with Gasteiger partial charge in [-0.3, -0.25) is 4.79 Å². The second-order valence-corrected chi connectivity index (χ2v) is 7.86. The number of rotatable bonds is 3. The molecule has 3 nitrogen and oxygen atoms in total. The molecule has 2 N–H and O–H groups in total. The highest BCUT2D eigenvalue weighted by Gasteiger charge is 2.36. The van der Waals surface area contributed by atoms with E-state index in [4.69, 9.17) is 0 Å². The Bertz CT molecular complexity index is 535. The monoisotopic (exact) mass is 405 g/mol. The maximum atomic E-state index is 13.0. The van der Waals surface area contributed by atoms with Gasteiger partial charge in [0.25, 0.3) is 5.91 Å². The van der Waals surface area contributed by atoms with Gasteiger partial charge in [0, 0.05) is 10.1 Å². The van der Waals surface area contributed by atoms with E-state index >= 15 is 0 Å². The van der Waals surface area contributed by atoms with E-state index in [9.17, 15) is 14.3 Å². The predicted octanol–water partition coefficient (Wildman–Crippen LogP) is 3.49. The van der Waals surface area contributed by atoms with Crippen molar-refractivity contribution in [1.29, 1.82) is 0 Å². The Labute approximate surface area is 138 Å². The quantitative estimate of drug-likeness (QED) is 0.757. The molecule has 0 aliphatic heterocycles. The summed E-state index contributed by atoms with van der Waals surface area (Å²) in [4.78, 5) is 12.1. The molecule has 0 atom stereocenters. The van der Waals surface area contributed by atoms with Gasteiger partial charge < -0.3 is 10.4 Å². The van der Waals surface area contributed by atoms with Gasteiger partial charge in [-0.1, -0.05) is 13.8 Å². The molecule has 0 bridgehead atoms. The van der Waals surface area contributed by atoms with Crippen molar-refractivity contribution in [1.82, 2.24) is 5.32 Å². The van der Waals surface area contributed by atoms with Gasteiger partial charge in [-0.15, -0.1) is 0 Å². The summed E-state index contributed by atoms with van der Waals surface area (Å²) >= 11 is 1.94. The third-order valence-corrected chi connectivity index (χ3v) is 5.18. The second-order valence-electron chi connectivity index (χ2n) is 6.70. The zero-order valence-electron chi connectivity index (χ0n) is 12.4. The predicted molar refractivity (Wildman–Crippen MR) is 88.6 cm³/mol. The Hall–Kier alpha value is -0.690. The molecule has 1 aromatic carbocycles. The Morgan fingerprint density at radius 3 is 2.52 bits per heavy atom. The van der Waals surface area contributed by atoms with E-state index in [2.05, 4.69) is 19.2 Å². The van der Waals surface area contributed by atoms with Crippen molar-refractivity contribution in [3.8, 4) is 0 Å². The lowest BCUT2D eigenvalue weighted by atomic mass is 9.71. The average molecular weight is 405 g/mol. The van der Waals surface area contributed by atoms with Crippen LogP contribution in [0, 0.1) is 14.8 Å². The molecule has 1 aromatic rings. The lowest BCUT2D eigenvalue weighted by Crippen LogP contribution is -2.46. The van der Waals surface area contributed by atoms with Crippen molar-refractivity contribution < 1.29 is 14.3 Å². The highest BCUT2D eigenvalue weighted by atomic mass is 127. The van der Waals surface area contributed by atoms with E-state index < -0.39 is 5.60 Å². The molecule has 21 heavy (non-hydrogen) atoms. The van der Waals surface area contributed by atoms with E-state index in [-0.39, 0.29) is 23.7 Å². The van der Waals surface area contributed by atoms with Gasteiger partial charge in [0.2, 0.25) is 0 Å². The first-order chi connectivity index (χ1) is 9.71. The number of carbonyl (C=O) groups is 1. The summed E-state index contributed by atoms with van der Waals surface area (Å²) in [5.74, 6) is -0.623. The van der Waals surface area contributed by atoms with Crippen LogP contribution in [-0.4, -0.2) is 23.2 Å². The van der Waals surface area contributed by atoms with Crippen LogP contribution in [0.4, 0.5) is 4.39 Å². The molecule has 0 radical (unpaired) electrons. The standard InChI is InChI=1S/C16H21FINO2/c1-15(2)5-7-16(21,8-6-15)10-19-14(20)12-4-3-11(17)9-13(12)18/h3-4,9,21H,5-8,10H2,1-2H3,(H,19,20). The van der Waals surface area contributed by atoms with Gasteiger partial charge in [0.1, 0.15) is 5.82 Å². The third kappa shape index (κ3) is 4.39. The first kappa shape index (κ1) is 16.7. The second kappa shape index (κ2) is 6.20. The smallest absolute Gasteiger partial charge is 0.252 e. The number of hydrogen-bond donors (Lipinski definition) is 2. The molecule has 0 saturated heterocycles. The summed E-state index contributed by atoms with van der Waals surface area (Å²) in [6.45, 7) is 4.65. The van der Waals surface area contributed by atoms with E-state index in [1.807, 2.05) is 22.6 Å². The zero-order valence-corrected chi connectivity index (χ0v) is 14.5. The first-order valence-corrected chi connectivity index (χ1v) is 8.24. The van der Waals surface area contributed by atoms with Crippen molar-refractivity contribution in [2.24, 2.45) is 5.41 Å². The van der Waals surface area contributed by atoms with Crippen LogP contribution in [0.15, 0.2) is 18.2 Å². The van der Waals surface area contributed by atoms with Gasteiger partial charge in [0.15, 0.2) is 0 Å². The molecular formula is C16H21FINO2. The van der Waals surface area contributed by atoms with Gasteiger partial charge in [-0.05, 0) is 71.9 Å². The molecule has 5 heteroatoms. The fourth-order valence-corrected chi connectivity index (χ4v) is 3.30. The van der Waals surface area contributed by atoms with E-state index in [1.165, 1.54) is 18.2 Å².